The molecule has 0 bridgehead atoms. The van der Waals surface area contributed by atoms with Gasteiger partial charge in [-0.2, -0.15) is 5.26 Å². The summed E-state index contributed by atoms with van der Waals surface area (Å²) < 4.78 is 32.3. The molecule has 0 saturated heterocycles. The lowest BCUT2D eigenvalue weighted by Gasteiger charge is -2.10. The van der Waals surface area contributed by atoms with E-state index in [1.165, 1.54) is 42.5 Å². The topological polar surface area (TPSA) is 108 Å². The number of nitrogens with one attached hydrogen (secondary N) is 2. The maximum absolute atomic E-state index is 12.5. The Balaban J connectivity index is 2.11. The molecule has 0 aliphatic heterocycles. The van der Waals surface area contributed by atoms with Crippen molar-refractivity contribution in [2.45, 2.75) is 11.3 Å². The average Bonchev–Trinajstić information content (AvgIpc) is 2.65. The van der Waals surface area contributed by atoms with E-state index in [2.05, 4.69) is 10.0 Å². The van der Waals surface area contributed by atoms with Crippen molar-refractivity contribution in [3.05, 3.63) is 59.7 Å². The summed E-state index contributed by atoms with van der Waals surface area (Å²) in [6.07, 6.45) is 0.667. The zero-order valence-corrected chi connectivity index (χ0v) is 15.0. The molecule has 0 fully saturated rings. The van der Waals surface area contributed by atoms with Crippen LogP contribution in [0.5, 0.6) is 0 Å². The van der Waals surface area contributed by atoms with E-state index >= 15 is 0 Å². The van der Waals surface area contributed by atoms with Gasteiger partial charge >= 0.3 is 0 Å². The summed E-state index contributed by atoms with van der Waals surface area (Å²) >= 11 is 0. The van der Waals surface area contributed by atoms with E-state index in [1.807, 2.05) is 6.07 Å². The molecule has 8 heteroatoms. The summed E-state index contributed by atoms with van der Waals surface area (Å²) in [5.41, 5.74) is 1.02. The van der Waals surface area contributed by atoms with Crippen LogP contribution >= 0.6 is 0 Å². The lowest BCUT2D eigenvalue weighted by molar-refractivity contribution is 0.0948. The second-order valence-corrected chi connectivity index (χ2v) is 7.11. The Hall–Kier alpha value is -2.89. The van der Waals surface area contributed by atoms with Gasteiger partial charge in [-0.1, -0.05) is 6.07 Å². The molecule has 2 N–H and O–H groups in total. The van der Waals surface area contributed by atoms with Crippen molar-refractivity contribution in [1.29, 1.82) is 5.26 Å². The highest BCUT2D eigenvalue weighted by Crippen LogP contribution is 2.17. The highest BCUT2D eigenvalue weighted by molar-refractivity contribution is 7.92. The number of carbonyl (C=O) groups is 1. The van der Waals surface area contributed by atoms with Gasteiger partial charge in [-0.25, -0.2) is 8.42 Å². The van der Waals surface area contributed by atoms with E-state index in [0.717, 1.165) is 0 Å². The summed E-state index contributed by atoms with van der Waals surface area (Å²) in [4.78, 5) is 12.1. The van der Waals surface area contributed by atoms with Crippen molar-refractivity contribution < 1.29 is 17.9 Å². The van der Waals surface area contributed by atoms with Crippen LogP contribution in [0, 0.1) is 11.3 Å². The Kier molecular flexibility index (Phi) is 6.72. The van der Waals surface area contributed by atoms with Crippen LogP contribution in [0.4, 0.5) is 5.69 Å². The number of ether oxygens (including phenoxy) is 1. The second-order valence-electron chi connectivity index (χ2n) is 5.42. The molecule has 1 amide bonds. The van der Waals surface area contributed by atoms with Crippen molar-refractivity contribution in [3.63, 3.8) is 0 Å². The van der Waals surface area contributed by atoms with Crippen LogP contribution in [0.3, 0.4) is 0 Å². The maximum Gasteiger partial charge on any atom is 0.261 e. The van der Waals surface area contributed by atoms with E-state index in [-0.39, 0.29) is 16.4 Å². The molecular formula is C18H19N3O4S. The third kappa shape index (κ3) is 5.31. The lowest BCUT2D eigenvalue weighted by Crippen LogP contribution is -2.25. The minimum Gasteiger partial charge on any atom is -0.385 e. The molecule has 0 unspecified atom stereocenters. The molecule has 0 spiro atoms. The Morgan fingerprint density at radius 2 is 1.92 bits per heavy atom. The minimum atomic E-state index is -3.85. The summed E-state index contributed by atoms with van der Waals surface area (Å²) in [5.74, 6) is -0.350. The number of carbonyl (C=O) groups excluding carboxylic acids is 1. The molecule has 0 aromatic heterocycles. The summed E-state index contributed by atoms with van der Waals surface area (Å²) in [5, 5.41) is 11.5. The first-order chi connectivity index (χ1) is 12.5. The number of anilines is 1. The fraction of sp³-hybridized carbons (Fsp3) is 0.222. The normalized spacial score (nSPS) is 10.8. The molecule has 0 radical (unpaired) electrons. The Labute approximate surface area is 152 Å². The summed E-state index contributed by atoms with van der Waals surface area (Å²) in [6, 6.07) is 13.8. The predicted octanol–water partition coefficient (Wildman–Crippen LogP) is 2.13. The highest BCUT2D eigenvalue weighted by Gasteiger charge is 2.16. The number of nitriles is 1. The first kappa shape index (κ1) is 19.4. The number of methoxy groups -OCH3 is 1. The number of amides is 1. The number of hydrogen-bond acceptors (Lipinski definition) is 5. The van der Waals surface area contributed by atoms with Crippen molar-refractivity contribution in [2.75, 3.05) is 25.0 Å². The van der Waals surface area contributed by atoms with Gasteiger partial charge in [0, 0.05) is 31.5 Å². The molecule has 0 aliphatic rings. The van der Waals surface area contributed by atoms with Gasteiger partial charge in [-0.3, -0.25) is 9.52 Å². The molecule has 136 valence electrons. The van der Waals surface area contributed by atoms with Crippen LogP contribution in [0.1, 0.15) is 22.3 Å². The van der Waals surface area contributed by atoms with Gasteiger partial charge in [0.25, 0.3) is 15.9 Å². The van der Waals surface area contributed by atoms with Gasteiger partial charge in [0.15, 0.2) is 0 Å². The number of benzene rings is 2. The van der Waals surface area contributed by atoms with Crippen LogP contribution < -0.4 is 10.0 Å². The van der Waals surface area contributed by atoms with E-state index < -0.39 is 10.0 Å². The van der Waals surface area contributed by atoms with Crippen LogP contribution in [-0.4, -0.2) is 34.6 Å². The average molecular weight is 373 g/mol. The van der Waals surface area contributed by atoms with Crippen molar-refractivity contribution in [3.8, 4) is 6.07 Å². The monoisotopic (exact) mass is 373 g/mol. The van der Waals surface area contributed by atoms with E-state index in [1.54, 1.807) is 13.2 Å². The van der Waals surface area contributed by atoms with Gasteiger partial charge in [-0.15, -0.1) is 0 Å². The van der Waals surface area contributed by atoms with Crippen LogP contribution in [0.2, 0.25) is 0 Å². The van der Waals surface area contributed by atoms with E-state index in [0.29, 0.717) is 30.8 Å². The number of nitrogens with zero attached hydrogens (tertiary/aromatic N) is 1. The van der Waals surface area contributed by atoms with Gasteiger partial charge in [0.05, 0.1) is 16.5 Å². The van der Waals surface area contributed by atoms with Crippen LogP contribution in [0.25, 0.3) is 0 Å². The highest BCUT2D eigenvalue weighted by atomic mass is 32.2. The molecule has 26 heavy (non-hydrogen) atoms. The first-order valence-corrected chi connectivity index (χ1v) is 9.35. The molecule has 0 heterocycles. The largest absolute Gasteiger partial charge is 0.385 e. The quantitative estimate of drug-likeness (QED) is 0.689. The SMILES string of the molecule is COCCCNC(=O)c1cccc(S(=O)(=O)Nc2ccc(C#N)cc2)c1. The number of sulfonamides is 1. The maximum atomic E-state index is 12.5. The van der Waals surface area contributed by atoms with Crippen LogP contribution in [-0.2, 0) is 14.8 Å². The van der Waals surface area contributed by atoms with Crippen molar-refractivity contribution >= 4 is 21.6 Å². The molecule has 2 rings (SSSR count). The third-order valence-electron chi connectivity index (χ3n) is 3.48. The Morgan fingerprint density at radius 3 is 2.58 bits per heavy atom. The second kappa shape index (κ2) is 8.99. The standard InChI is InChI=1S/C18H19N3O4S/c1-25-11-3-10-20-18(22)15-4-2-5-17(12-15)26(23,24)21-16-8-6-14(13-19)7-9-16/h2,4-9,12,21H,3,10-11H2,1H3,(H,20,22). The van der Waals surface area contributed by atoms with E-state index in [9.17, 15) is 13.2 Å². The van der Waals surface area contributed by atoms with Crippen molar-refractivity contribution in [2.24, 2.45) is 0 Å². The molecule has 2 aromatic carbocycles. The number of rotatable bonds is 8. The fourth-order valence-corrected chi connectivity index (χ4v) is 3.26. The zero-order chi connectivity index (χ0) is 19.0. The molecule has 0 saturated carbocycles. The van der Waals surface area contributed by atoms with Crippen LogP contribution in [0.15, 0.2) is 53.4 Å². The minimum absolute atomic E-state index is 0.0219. The van der Waals surface area contributed by atoms with E-state index in [4.69, 9.17) is 10.00 Å². The molecule has 0 aliphatic carbocycles. The third-order valence-corrected chi connectivity index (χ3v) is 4.86. The summed E-state index contributed by atoms with van der Waals surface area (Å²) in [7, 11) is -2.27. The van der Waals surface area contributed by atoms with Gasteiger partial charge in [0.1, 0.15) is 0 Å². The smallest absolute Gasteiger partial charge is 0.261 e. The van der Waals surface area contributed by atoms with Gasteiger partial charge in [-0.05, 0) is 48.9 Å². The molecule has 7 nitrogen and oxygen atoms in total. The first-order valence-electron chi connectivity index (χ1n) is 7.86. The molecular weight excluding hydrogens is 354 g/mol. The van der Waals surface area contributed by atoms with Crippen molar-refractivity contribution in [1.82, 2.24) is 5.32 Å². The number of hydrogen-bond donors (Lipinski definition) is 2. The lowest BCUT2D eigenvalue weighted by atomic mass is 10.2. The Morgan fingerprint density at radius 1 is 1.19 bits per heavy atom. The molecule has 2 aromatic rings. The fourth-order valence-electron chi connectivity index (χ4n) is 2.15. The van der Waals surface area contributed by atoms with Gasteiger partial charge in [0.2, 0.25) is 0 Å². The van der Waals surface area contributed by atoms with Gasteiger partial charge < -0.3 is 10.1 Å². The molecule has 0 atom stereocenters. The Bertz CT molecular complexity index is 903. The summed E-state index contributed by atoms with van der Waals surface area (Å²) in [6.45, 7) is 0.969. The zero-order valence-electron chi connectivity index (χ0n) is 14.2. The predicted molar refractivity (Wildman–Crippen MR) is 97.2 cm³/mol.